The normalized spacial score (nSPS) is 28.1. The first-order valence-electron chi connectivity index (χ1n) is 6.37. The molecular weight excluding hydrogens is 204 g/mol. The van der Waals surface area contributed by atoms with Crippen LogP contribution in [0.1, 0.15) is 45.4 Å². The third kappa shape index (κ3) is 4.22. The molecule has 0 aromatic carbocycles. The third-order valence-corrected chi connectivity index (χ3v) is 3.48. The number of carbonyl (C=O) groups is 1. The fourth-order valence-corrected chi connectivity index (χ4v) is 2.69. The topological polar surface area (TPSA) is 46.5 Å². The quantitative estimate of drug-likeness (QED) is 0.758. The van der Waals surface area contributed by atoms with E-state index in [1.165, 1.54) is 12.8 Å². The SMILES string of the molecule is CCCC1CCC(=O)C(CC(O)COC)C1. The molecule has 3 unspecified atom stereocenters. The van der Waals surface area contributed by atoms with Gasteiger partial charge in [0.05, 0.1) is 12.7 Å². The molecule has 0 aromatic heterocycles. The van der Waals surface area contributed by atoms with Gasteiger partial charge in [-0.1, -0.05) is 19.8 Å². The molecule has 1 fully saturated rings. The van der Waals surface area contributed by atoms with Gasteiger partial charge < -0.3 is 9.84 Å². The van der Waals surface area contributed by atoms with Crippen LogP contribution in [0, 0.1) is 11.8 Å². The van der Waals surface area contributed by atoms with Gasteiger partial charge in [0.25, 0.3) is 0 Å². The average molecular weight is 228 g/mol. The van der Waals surface area contributed by atoms with Gasteiger partial charge in [-0.3, -0.25) is 4.79 Å². The molecule has 1 rings (SSSR count). The molecule has 3 atom stereocenters. The molecule has 0 aromatic rings. The van der Waals surface area contributed by atoms with Gasteiger partial charge in [-0.2, -0.15) is 0 Å². The van der Waals surface area contributed by atoms with Crippen LogP contribution in [0.25, 0.3) is 0 Å². The van der Waals surface area contributed by atoms with E-state index < -0.39 is 6.10 Å². The maximum atomic E-state index is 11.7. The van der Waals surface area contributed by atoms with E-state index in [-0.39, 0.29) is 5.92 Å². The third-order valence-electron chi connectivity index (χ3n) is 3.48. The minimum absolute atomic E-state index is 0.0652. The lowest BCUT2D eigenvalue weighted by Crippen LogP contribution is -2.29. The van der Waals surface area contributed by atoms with Crippen molar-refractivity contribution in [3.63, 3.8) is 0 Å². The highest BCUT2D eigenvalue weighted by atomic mass is 16.5. The highest BCUT2D eigenvalue weighted by Gasteiger charge is 2.29. The Kier molecular flexibility index (Phi) is 5.99. The van der Waals surface area contributed by atoms with E-state index in [0.717, 1.165) is 12.8 Å². The summed E-state index contributed by atoms with van der Waals surface area (Å²) in [7, 11) is 1.58. The summed E-state index contributed by atoms with van der Waals surface area (Å²) in [5.74, 6) is 1.08. The molecule has 1 saturated carbocycles. The number of ketones is 1. The van der Waals surface area contributed by atoms with Gasteiger partial charge in [0.15, 0.2) is 0 Å². The Morgan fingerprint density at radius 1 is 1.56 bits per heavy atom. The smallest absolute Gasteiger partial charge is 0.136 e. The fraction of sp³-hybridized carbons (Fsp3) is 0.923. The molecule has 1 N–H and O–H groups in total. The van der Waals surface area contributed by atoms with Crippen molar-refractivity contribution in [2.24, 2.45) is 11.8 Å². The molecule has 0 amide bonds. The number of ether oxygens (including phenoxy) is 1. The molecule has 94 valence electrons. The maximum Gasteiger partial charge on any atom is 0.136 e. The van der Waals surface area contributed by atoms with Crippen molar-refractivity contribution >= 4 is 5.78 Å². The Labute approximate surface area is 98.2 Å². The first kappa shape index (κ1) is 13.7. The van der Waals surface area contributed by atoms with Gasteiger partial charge >= 0.3 is 0 Å². The number of aliphatic hydroxyl groups excluding tert-OH is 1. The summed E-state index contributed by atoms with van der Waals surface area (Å²) >= 11 is 0. The number of hydrogen-bond donors (Lipinski definition) is 1. The lowest BCUT2D eigenvalue weighted by atomic mass is 9.76. The van der Waals surface area contributed by atoms with Crippen molar-refractivity contribution < 1.29 is 14.6 Å². The fourth-order valence-electron chi connectivity index (χ4n) is 2.69. The van der Waals surface area contributed by atoms with E-state index in [4.69, 9.17) is 4.74 Å². The van der Waals surface area contributed by atoms with Gasteiger partial charge in [0, 0.05) is 19.4 Å². The summed E-state index contributed by atoms with van der Waals surface area (Å²) < 4.78 is 4.89. The highest BCUT2D eigenvalue weighted by Crippen LogP contribution is 2.32. The zero-order valence-corrected chi connectivity index (χ0v) is 10.4. The monoisotopic (exact) mass is 228 g/mol. The van der Waals surface area contributed by atoms with Gasteiger partial charge in [-0.25, -0.2) is 0 Å². The Hall–Kier alpha value is -0.410. The maximum absolute atomic E-state index is 11.7. The summed E-state index contributed by atoms with van der Waals surface area (Å²) in [5, 5.41) is 9.66. The molecule has 3 heteroatoms. The summed E-state index contributed by atoms with van der Waals surface area (Å²) in [4.78, 5) is 11.7. The van der Waals surface area contributed by atoms with Gasteiger partial charge in [0.2, 0.25) is 0 Å². The Morgan fingerprint density at radius 3 is 2.94 bits per heavy atom. The van der Waals surface area contributed by atoms with E-state index in [9.17, 15) is 9.90 Å². The van der Waals surface area contributed by atoms with Crippen molar-refractivity contribution in [3.05, 3.63) is 0 Å². The first-order valence-corrected chi connectivity index (χ1v) is 6.37. The van der Waals surface area contributed by atoms with E-state index in [1.807, 2.05) is 0 Å². The standard InChI is InChI=1S/C13H24O3/c1-3-4-10-5-6-13(15)11(7-10)8-12(14)9-16-2/h10-12,14H,3-9H2,1-2H3. The van der Waals surface area contributed by atoms with Crippen LogP contribution in [0.15, 0.2) is 0 Å². The second-order valence-corrected chi connectivity index (χ2v) is 4.94. The summed E-state index contributed by atoms with van der Waals surface area (Å²) in [6, 6.07) is 0. The van der Waals surface area contributed by atoms with Crippen LogP contribution in [0.4, 0.5) is 0 Å². The van der Waals surface area contributed by atoms with Crippen LogP contribution in [-0.4, -0.2) is 30.7 Å². The van der Waals surface area contributed by atoms with Crippen LogP contribution in [-0.2, 0) is 9.53 Å². The molecule has 0 heterocycles. The lowest BCUT2D eigenvalue weighted by molar-refractivity contribution is -0.127. The van der Waals surface area contributed by atoms with Crippen LogP contribution in [0.3, 0.4) is 0 Å². The minimum Gasteiger partial charge on any atom is -0.391 e. The summed E-state index contributed by atoms with van der Waals surface area (Å²) in [6.07, 6.45) is 5.20. The second-order valence-electron chi connectivity index (χ2n) is 4.94. The van der Waals surface area contributed by atoms with Crippen LogP contribution in [0.2, 0.25) is 0 Å². The van der Waals surface area contributed by atoms with E-state index in [1.54, 1.807) is 7.11 Å². The van der Waals surface area contributed by atoms with Crippen LogP contribution < -0.4 is 0 Å². The lowest BCUT2D eigenvalue weighted by Gasteiger charge is -2.29. The van der Waals surface area contributed by atoms with Crippen LogP contribution in [0.5, 0.6) is 0 Å². The Bertz CT molecular complexity index is 213. The highest BCUT2D eigenvalue weighted by molar-refractivity contribution is 5.81. The summed E-state index contributed by atoms with van der Waals surface area (Å²) in [5.41, 5.74) is 0. The average Bonchev–Trinajstić information content (AvgIpc) is 2.24. The van der Waals surface area contributed by atoms with E-state index >= 15 is 0 Å². The van der Waals surface area contributed by atoms with Crippen molar-refractivity contribution in [1.82, 2.24) is 0 Å². The van der Waals surface area contributed by atoms with Crippen molar-refractivity contribution in [1.29, 1.82) is 0 Å². The van der Waals surface area contributed by atoms with Gasteiger partial charge in [-0.05, 0) is 25.2 Å². The molecular formula is C13H24O3. The molecule has 0 radical (unpaired) electrons. The van der Waals surface area contributed by atoms with Crippen molar-refractivity contribution in [2.75, 3.05) is 13.7 Å². The number of methoxy groups -OCH3 is 1. The molecule has 0 aliphatic heterocycles. The predicted molar refractivity (Wildman–Crippen MR) is 63.2 cm³/mol. The first-order chi connectivity index (χ1) is 7.67. The van der Waals surface area contributed by atoms with Crippen molar-refractivity contribution in [2.45, 2.75) is 51.6 Å². The Morgan fingerprint density at radius 2 is 2.31 bits per heavy atom. The molecule has 0 saturated heterocycles. The Balaban J connectivity index is 2.40. The van der Waals surface area contributed by atoms with Gasteiger partial charge in [-0.15, -0.1) is 0 Å². The minimum atomic E-state index is -0.487. The zero-order chi connectivity index (χ0) is 12.0. The molecule has 0 spiro atoms. The molecule has 16 heavy (non-hydrogen) atoms. The number of aliphatic hydroxyl groups is 1. The number of rotatable bonds is 6. The molecule has 0 bridgehead atoms. The summed E-state index contributed by atoms with van der Waals surface area (Å²) in [6.45, 7) is 2.52. The predicted octanol–water partition coefficient (Wildman–Crippen LogP) is 2.17. The van der Waals surface area contributed by atoms with Crippen molar-refractivity contribution in [3.8, 4) is 0 Å². The second kappa shape index (κ2) is 7.02. The number of hydrogen-bond acceptors (Lipinski definition) is 3. The molecule has 3 nitrogen and oxygen atoms in total. The number of carbonyl (C=O) groups excluding carboxylic acids is 1. The zero-order valence-electron chi connectivity index (χ0n) is 10.4. The van der Waals surface area contributed by atoms with Gasteiger partial charge in [0.1, 0.15) is 5.78 Å². The van der Waals surface area contributed by atoms with E-state index in [0.29, 0.717) is 31.1 Å². The molecule has 1 aliphatic carbocycles. The molecule has 1 aliphatic rings. The van der Waals surface area contributed by atoms with E-state index in [2.05, 4.69) is 6.92 Å². The number of Topliss-reactive ketones (excluding diaryl/α,β-unsaturated/α-hetero) is 1. The van der Waals surface area contributed by atoms with Crippen LogP contribution >= 0.6 is 0 Å². The largest absolute Gasteiger partial charge is 0.391 e.